The van der Waals surface area contributed by atoms with Gasteiger partial charge in [0, 0.05) is 22.6 Å². The number of aromatic nitrogens is 2. The smallest absolute Gasteiger partial charge is 0.241 e. The van der Waals surface area contributed by atoms with Crippen LogP contribution in [0.5, 0.6) is 0 Å². The summed E-state index contributed by atoms with van der Waals surface area (Å²) in [4.78, 5) is 6.84. The molecular formula is C18H24BrN3O2. The molecule has 1 unspecified atom stereocenters. The van der Waals surface area contributed by atoms with E-state index < -0.39 is 0 Å². The first-order chi connectivity index (χ1) is 11.6. The van der Waals surface area contributed by atoms with Gasteiger partial charge in [0.05, 0.1) is 12.6 Å². The van der Waals surface area contributed by atoms with Crippen LogP contribution in [0.3, 0.4) is 0 Å². The molecule has 0 amide bonds. The molecule has 1 heterocycles. The molecule has 0 spiro atoms. The van der Waals surface area contributed by atoms with Gasteiger partial charge >= 0.3 is 0 Å². The normalized spacial score (nSPS) is 17.3. The minimum Gasteiger partial charge on any atom is -0.392 e. The Morgan fingerprint density at radius 1 is 1.33 bits per heavy atom. The highest BCUT2D eigenvalue weighted by molar-refractivity contribution is 9.10. The molecule has 0 saturated heterocycles. The van der Waals surface area contributed by atoms with Crippen LogP contribution in [0.1, 0.15) is 44.9 Å². The fourth-order valence-corrected chi connectivity index (χ4v) is 3.77. The Kier molecular flexibility index (Phi) is 6.03. The third-order valence-electron chi connectivity index (χ3n) is 4.48. The number of benzene rings is 1. The number of aliphatic hydroxyl groups excluding tert-OH is 1. The summed E-state index contributed by atoms with van der Waals surface area (Å²) in [5.41, 5.74) is 0.930. The third-order valence-corrected chi connectivity index (χ3v) is 4.97. The fourth-order valence-electron chi connectivity index (χ4n) is 3.37. The zero-order chi connectivity index (χ0) is 16.9. The largest absolute Gasteiger partial charge is 0.392 e. The Morgan fingerprint density at radius 2 is 2.12 bits per heavy atom. The van der Waals surface area contributed by atoms with Crippen molar-refractivity contribution in [2.75, 3.05) is 6.54 Å². The molecule has 1 aliphatic rings. The molecule has 3 rings (SSSR count). The molecule has 1 aromatic carbocycles. The summed E-state index contributed by atoms with van der Waals surface area (Å²) >= 11 is 3.46. The van der Waals surface area contributed by atoms with Gasteiger partial charge in [-0.25, -0.2) is 0 Å². The van der Waals surface area contributed by atoms with Crippen molar-refractivity contribution in [2.24, 2.45) is 0 Å². The second-order valence-corrected chi connectivity index (χ2v) is 7.51. The molecule has 2 aromatic rings. The Balaban J connectivity index is 1.72. The maximum Gasteiger partial charge on any atom is 0.241 e. The molecule has 6 heteroatoms. The van der Waals surface area contributed by atoms with E-state index in [1.54, 1.807) is 0 Å². The number of nitrogens with zero attached hydrogens (tertiary/aromatic N) is 3. The third kappa shape index (κ3) is 4.65. The molecular weight excluding hydrogens is 370 g/mol. The molecule has 0 bridgehead atoms. The minimum atomic E-state index is -0.362. The standard InChI is InChI=1S/C18H24BrN3O2/c1-13(23)11-22(16-8-3-2-4-9-16)12-17-20-18(21-24-17)14-6-5-7-15(19)10-14/h5-7,10,13,16,23H,2-4,8-9,11-12H2,1H3. The first-order valence-corrected chi connectivity index (χ1v) is 9.42. The average Bonchev–Trinajstić information content (AvgIpc) is 3.03. The van der Waals surface area contributed by atoms with E-state index in [2.05, 4.69) is 31.0 Å². The van der Waals surface area contributed by atoms with Crippen LogP contribution in [-0.4, -0.2) is 38.8 Å². The van der Waals surface area contributed by atoms with Gasteiger partial charge in [0.25, 0.3) is 0 Å². The lowest BCUT2D eigenvalue weighted by atomic mass is 9.94. The molecule has 130 valence electrons. The van der Waals surface area contributed by atoms with Crippen molar-refractivity contribution < 1.29 is 9.63 Å². The Morgan fingerprint density at radius 3 is 2.83 bits per heavy atom. The Labute approximate surface area is 151 Å². The molecule has 1 N–H and O–H groups in total. The number of halogens is 1. The molecule has 1 aliphatic carbocycles. The predicted molar refractivity (Wildman–Crippen MR) is 96.4 cm³/mol. The van der Waals surface area contributed by atoms with E-state index in [9.17, 15) is 5.11 Å². The van der Waals surface area contributed by atoms with Crippen LogP contribution in [0.25, 0.3) is 11.4 Å². The summed E-state index contributed by atoms with van der Waals surface area (Å²) in [6.07, 6.45) is 5.83. The van der Waals surface area contributed by atoms with E-state index in [4.69, 9.17) is 4.52 Å². The van der Waals surface area contributed by atoms with Crippen LogP contribution in [-0.2, 0) is 6.54 Å². The van der Waals surface area contributed by atoms with E-state index in [-0.39, 0.29) is 6.10 Å². The van der Waals surface area contributed by atoms with E-state index in [0.717, 1.165) is 10.0 Å². The molecule has 5 nitrogen and oxygen atoms in total. The summed E-state index contributed by atoms with van der Waals surface area (Å²) in [6.45, 7) is 3.06. The van der Waals surface area contributed by atoms with Crippen molar-refractivity contribution in [1.29, 1.82) is 0 Å². The lowest BCUT2D eigenvalue weighted by Crippen LogP contribution is -2.40. The zero-order valence-corrected chi connectivity index (χ0v) is 15.6. The predicted octanol–water partition coefficient (Wildman–Crippen LogP) is 4.01. The summed E-state index contributed by atoms with van der Waals surface area (Å²) in [6, 6.07) is 8.36. The quantitative estimate of drug-likeness (QED) is 0.802. The topological polar surface area (TPSA) is 62.4 Å². The van der Waals surface area contributed by atoms with Crippen molar-refractivity contribution in [3.8, 4) is 11.4 Å². The van der Waals surface area contributed by atoms with Crippen LogP contribution < -0.4 is 0 Å². The van der Waals surface area contributed by atoms with Gasteiger partial charge in [-0.2, -0.15) is 4.98 Å². The summed E-state index contributed by atoms with van der Waals surface area (Å²) in [7, 11) is 0. The maximum atomic E-state index is 9.83. The van der Waals surface area contributed by atoms with Crippen LogP contribution in [0, 0.1) is 0 Å². The van der Waals surface area contributed by atoms with Gasteiger partial charge in [0.15, 0.2) is 0 Å². The zero-order valence-electron chi connectivity index (χ0n) is 14.0. The van der Waals surface area contributed by atoms with Crippen molar-refractivity contribution in [3.05, 3.63) is 34.6 Å². The minimum absolute atomic E-state index is 0.362. The van der Waals surface area contributed by atoms with Crippen molar-refractivity contribution in [1.82, 2.24) is 15.0 Å². The van der Waals surface area contributed by atoms with E-state index >= 15 is 0 Å². The van der Waals surface area contributed by atoms with E-state index in [1.807, 2.05) is 31.2 Å². The van der Waals surface area contributed by atoms with E-state index in [0.29, 0.717) is 30.8 Å². The lowest BCUT2D eigenvalue weighted by Gasteiger charge is -2.34. The van der Waals surface area contributed by atoms with Crippen molar-refractivity contribution in [3.63, 3.8) is 0 Å². The highest BCUT2D eigenvalue weighted by atomic mass is 79.9. The van der Waals surface area contributed by atoms with Crippen molar-refractivity contribution in [2.45, 2.75) is 57.7 Å². The van der Waals surface area contributed by atoms with Crippen molar-refractivity contribution >= 4 is 15.9 Å². The van der Waals surface area contributed by atoms with Gasteiger partial charge in [0.2, 0.25) is 11.7 Å². The van der Waals surface area contributed by atoms with Crippen LogP contribution in [0.4, 0.5) is 0 Å². The summed E-state index contributed by atoms with van der Waals surface area (Å²) in [5.74, 6) is 1.21. The summed E-state index contributed by atoms with van der Waals surface area (Å²) < 4.78 is 6.45. The van der Waals surface area contributed by atoms with Gasteiger partial charge in [-0.3, -0.25) is 4.90 Å². The van der Waals surface area contributed by atoms with E-state index in [1.165, 1.54) is 32.1 Å². The highest BCUT2D eigenvalue weighted by Gasteiger charge is 2.24. The Hall–Kier alpha value is -1.24. The first kappa shape index (κ1) is 17.6. The first-order valence-electron chi connectivity index (χ1n) is 8.62. The SMILES string of the molecule is CC(O)CN(Cc1nc(-c2cccc(Br)c2)no1)C1CCCCC1. The second-order valence-electron chi connectivity index (χ2n) is 6.59. The lowest BCUT2D eigenvalue weighted by molar-refractivity contribution is 0.0689. The fraction of sp³-hybridized carbons (Fsp3) is 0.556. The Bertz CT molecular complexity index is 653. The van der Waals surface area contributed by atoms with Gasteiger partial charge < -0.3 is 9.63 Å². The highest BCUT2D eigenvalue weighted by Crippen LogP contribution is 2.25. The number of aliphatic hydroxyl groups is 1. The molecule has 1 saturated carbocycles. The monoisotopic (exact) mass is 393 g/mol. The van der Waals surface area contributed by atoms with Crippen LogP contribution in [0.15, 0.2) is 33.3 Å². The maximum absolute atomic E-state index is 9.83. The molecule has 0 radical (unpaired) electrons. The molecule has 1 atom stereocenters. The second kappa shape index (κ2) is 8.23. The van der Waals surface area contributed by atoms with Crippen LogP contribution >= 0.6 is 15.9 Å². The number of rotatable bonds is 6. The number of hydrogen-bond donors (Lipinski definition) is 1. The van der Waals surface area contributed by atoms with Gasteiger partial charge in [-0.05, 0) is 31.9 Å². The van der Waals surface area contributed by atoms with Gasteiger partial charge in [-0.15, -0.1) is 0 Å². The molecule has 1 aromatic heterocycles. The van der Waals surface area contributed by atoms with Crippen LogP contribution in [0.2, 0.25) is 0 Å². The van der Waals surface area contributed by atoms with Gasteiger partial charge in [-0.1, -0.05) is 52.5 Å². The average molecular weight is 394 g/mol. The summed E-state index contributed by atoms with van der Waals surface area (Å²) in [5, 5.41) is 13.9. The molecule has 24 heavy (non-hydrogen) atoms. The molecule has 1 fully saturated rings. The number of hydrogen-bond acceptors (Lipinski definition) is 5. The van der Waals surface area contributed by atoms with Gasteiger partial charge in [0.1, 0.15) is 0 Å². The molecule has 0 aliphatic heterocycles.